The maximum absolute atomic E-state index is 13.3. The van der Waals surface area contributed by atoms with Crippen LogP contribution in [0.25, 0.3) is 10.4 Å². The fourth-order valence-corrected chi connectivity index (χ4v) is 5.62. The Hall–Kier alpha value is -3.48. The molecule has 0 aliphatic carbocycles. The zero-order chi connectivity index (χ0) is 31.0. The predicted octanol–water partition coefficient (Wildman–Crippen LogP) is 5.68. The van der Waals surface area contributed by atoms with Crippen molar-refractivity contribution in [1.29, 1.82) is 0 Å². The number of aromatic nitrogens is 1. The molecule has 0 unspecified atom stereocenters. The molecule has 2 aliphatic rings. The Morgan fingerprint density at radius 2 is 1.62 bits per heavy atom. The van der Waals surface area contributed by atoms with E-state index in [0.717, 1.165) is 16.0 Å². The molecule has 0 N–H and O–H groups in total. The van der Waals surface area contributed by atoms with Crippen molar-refractivity contribution in [1.82, 2.24) is 9.88 Å². The van der Waals surface area contributed by atoms with Crippen LogP contribution in [0.15, 0.2) is 30.5 Å². The molecule has 1 aromatic carbocycles. The Kier molecular flexibility index (Phi) is 8.73. The molecule has 0 bridgehead atoms. The van der Waals surface area contributed by atoms with E-state index in [1.807, 2.05) is 24.3 Å². The average Bonchev–Trinajstić information content (AvgIpc) is 3.42. The second-order valence-corrected chi connectivity index (χ2v) is 13.5. The largest absolute Gasteiger partial charge is 0.509 e. The Morgan fingerprint density at radius 1 is 1.00 bits per heavy atom. The molecular weight excluding hydrogens is 572 g/mol. The number of esters is 1. The predicted molar refractivity (Wildman–Crippen MR) is 152 cm³/mol. The first kappa shape index (κ1) is 31.5. The first-order valence-electron chi connectivity index (χ1n) is 13.6. The third-order valence-corrected chi connectivity index (χ3v) is 7.49. The van der Waals surface area contributed by atoms with Gasteiger partial charge in [0.25, 0.3) is 5.92 Å². The molecule has 230 valence electrons. The van der Waals surface area contributed by atoms with Gasteiger partial charge < -0.3 is 23.8 Å². The summed E-state index contributed by atoms with van der Waals surface area (Å²) < 4.78 is 48.6. The summed E-state index contributed by atoms with van der Waals surface area (Å²) >= 11 is 1.33. The smallest absolute Gasteiger partial charge is 0.456 e. The summed E-state index contributed by atoms with van der Waals surface area (Å²) in [5, 5.41) is 0.541. The lowest BCUT2D eigenvalue weighted by atomic mass is 9.99. The minimum atomic E-state index is -2.68. The second-order valence-electron chi connectivity index (χ2n) is 12.5. The van der Waals surface area contributed by atoms with Crippen LogP contribution in [0.4, 0.5) is 23.5 Å². The number of anilines is 1. The molecule has 0 saturated carbocycles. The van der Waals surface area contributed by atoms with Gasteiger partial charge >= 0.3 is 18.2 Å². The highest BCUT2D eigenvalue weighted by Gasteiger charge is 2.50. The van der Waals surface area contributed by atoms with E-state index in [1.54, 1.807) is 52.6 Å². The van der Waals surface area contributed by atoms with Crippen molar-refractivity contribution in [3.05, 3.63) is 36.0 Å². The number of carbonyl (C=O) groups excluding carboxylic acids is 3. The van der Waals surface area contributed by atoms with Crippen LogP contribution in [-0.2, 0) is 30.2 Å². The number of thiazole rings is 1. The summed E-state index contributed by atoms with van der Waals surface area (Å²) in [5.41, 5.74) is 0.0779. The van der Waals surface area contributed by atoms with E-state index >= 15 is 0 Å². The maximum atomic E-state index is 13.3. The number of ether oxygens (including phenoxy) is 4. The normalized spacial score (nSPS) is 21.9. The van der Waals surface area contributed by atoms with Crippen molar-refractivity contribution >= 4 is 34.7 Å². The van der Waals surface area contributed by atoms with E-state index in [9.17, 15) is 23.2 Å². The summed E-state index contributed by atoms with van der Waals surface area (Å²) in [7, 11) is 0. The SMILES string of the molecule is CC(=O)O[C@@H]1[C@@H](OC(=O)OC(C)(C)C)CN(C(=O)OC(C)(C)C)[C@@H]1Cc1ccc(-c2cnc(N3CC(F)(F)C3)s2)cc1. The molecule has 2 aliphatic heterocycles. The highest BCUT2D eigenvalue weighted by molar-refractivity contribution is 7.18. The highest BCUT2D eigenvalue weighted by atomic mass is 32.1. The fraction of sp³-hybridized carbons (Fsp3) is 0.586. The molecule has 13 heteroatoms. The Bertz CT molecular complexity index is 1300. The number of amides is 1. The number of hydrogen-bond acceptors (Lipinski definition) is 10. The van der Waals surface area contributed by atoms with Crippen LogP contribution in [0, 0.1) is 0 Å². The number of rotatable bonds is 6. The molecule has 10 nitrogen and oxygen atoms in total. The minimum Gasteiger partial charge on any atom is -0.456 e. The van der Waals surface area contributed by atoms with E-state index in [0.29, 0.717) is 5.13 Å². The van der Waals surface area contributed by atoms with Gasteiger partial charge in [-0.1, -0.05) is 35.6 Å². The van der Waals surface area contributed by atoms with Gasteiger partial charge in [-0.15, -0.1) is 0 Å². The lowest BCUT2D eigenvalue weighted by Gasteiger charge is -2.38. The van der Waals surface area contributed by atoms with Gasteiger partial charge in [0.1, 0.15) is 11.2 Å². The van der Waals surface area contributed by atoms with Crippen molar-refractivity contribution in [2.45, 2.75) is 90.3 Å². The molecule has 0 spiro atoms. The molecule has 2 fully saturated rings. The monoisotopic (exact) mass is 609 g/mol. The number of likely N-dealkylation sites (tertiary alicyclic amines) is 1. The van der Waals surface area contributed by atoms with Crippen LogP contribution in [0.2, 0.25) is 0 Å². The molecular formula is C29H37F2N3O7S. The zero-order valence-electron chi connectivity index (χ0n) is 24.8. The van der Waals surface area contributed by atoms with E-state index in [2.05, 4.69) is 4.98 Å². The summed E-state index contributed by atoms with van der Waals surface area (Å²) in [4.78, 5) is 45.9. The van der Waals surface area contributed by atoms with Gasteiger partial charge in [0.2, 0.25) is 0 Å². The van der Waals surface area contributed by atoms with Gasteiger partial charge in [0.15, 0.2) is 17.3 Å². The molecule has 1 amide bonds. The standard InChI is InChI=1S/C29H37F2N3O7S/c1-17(35)38-23-20(34(25(36)40-27(2,3)4)14-21(23)39-26(37)41-28(5,6)7)12-18-8-10-19(11-9-18)22-13-32-24(42-22)33-15-29(30,31)16-33/h8-11,13,20-21,23H,12,14-16H2,1-7H3/t20-,21+,23+/m1/s1. The van der Waals surface area contributed by atoms with Crippen molar-refractivity contribution in [2.24, 2.45) is 0 Å². The van der Waals surface area contributed by atoms with Crippen LogP contribution < -0.4 is 4.90 Å². The van der Waals surface area contributed by atoms with E-state index in [-0.39, 0.29) is 26.1 Å². The Labute approximate surface area is 247 Å². The average molecular weight is 610 g/mol. The number of nitrogens with zero attached hydrogens (tertiary/aromatic N) is 3. The first-order valence-corrected chi connectivity index (χ1v) is 14.5. The lowest BCUT2D eigenvalue weighted by Crippen LogP contribution is -2.56. The molecule has 3 heterocycles. The van der Waals surface area contributed by atoms with Crippen LogP contribution in [0.3, 0.4) is 0 Å². The van der Waals surface area contributed by atoms with Crippen LogP contribution >= 0.6 is 11.3 Å². The third-order valence-electron chi connectivity index (χ3n) is 6.38. The van der Waals surface area contributed by atoms with Gasteiger partial charge in [-0.3, -0.25) is 9.69 Å². The fourth-order valence-electron chi connectivity index (χ4n) is 4.70. The highest BCUT2D eigenvalue weighted by Crippen LogP contribution is 2.37. The topological polar surface area (TPSA) is 107 Å². The van der Waals surface area contributed by atoms with E-state index in [1.165, 1.54) is 23.2 Å². The van der Waals surface area contributed by atoms with Crippen molar-refractivity contribution < 1.29 is 42.1 Å². The third kappa shape index (κ3) is 8.08. The number of hydrogen-bond donors (Lipinski definition) is 0. The van der Waals surface area contributed by atoms with Crippen molar-refractivity contribution in [3.8, 4) is 10.4 Å². The van der Waals surface area contributed by atoms with Crippen LogP contribution in [0.1, 0.15) is 54.0 Å². The number of alkyl halides is 2. The van der Waals surface area contributed by atoms with Crippen LogP contribution in [-0.4, -0.2) is 83.1 Å². The molecule has 4 rings (SSSR count). The zero-order valence-corrected chi connectivity index (χ0v) is 25.6. The maximum Gasteiger partial charge on any atom is 0.509 e. The lowest BCUT2D eigenvalue weighted by molar-refractivity contribution is -0.153. The molecule has 42 heavy (non-hydrogen) atoms. The second kappa shape index (κ2) is 11.7. The molecule has 2 aromatic rings. The van der Waals surface area contributed by atoms with Gasteiger partial charge in [0.05, 0.1) is 30.6 Å². The molecule has 2 saturated heterocycles. The van der Waals surface area contributed by atoms with Crippen molar-refractivity contribution in [2.75, 3.05) is 24.5 Å². The summed E-state index contributed by atoms with van der Waals surface area (Å²) in [6, 6.07) is 6.78. The van der Waals surface area contributed by atoms with Gasteiger partial charge in [-0.05, 0) is 59.1 Å². The number of carbonyl (C=O) groups is 3. The molecule has 1 aromatic heterocycles. The summed E-state index contributed by atoms with van der Waals surface area (Å²) in [6.45, 7) is 10.8. The summed E-state index contributed by atoms with van der Waals surface area (Å²) in [6.07, 6.45) is -1.61. The summed E-state index contributed by atoms with van der Waals surface area (Å²) in [5.74, 6) is -3.27. The van der Waals surface area contributed by atoms with Crippen LogP contribution in [0.5, 0.6) is 0 Å². The van der Waals surface area contributed by atoms with Crippen molar-refractivity contribution in [3.63, 3.8) is 0 Å². The minimum absolute atomic E-state index is 0.0615. The van der Waals surface area contributed by atoms with Gasteiger partial charge in [-0.25, -0.2) is 23.4 Å². The molecule has 0 radical (unpaired) electrons. The van der Waals surface area contributed by atoms with Gasteiger partial charge in [0, 0.05) is 13.1 Å². The Balaban J connectivity index is 1.55. The number of benzene rings is 1. The quantitative estimate of drug-likeness (QED) is 0.302. The van der Waals surface area contributed by atoms with Gasteiger partial charge in [-0.2, -0.15) is 0 Å². The van der Waals surface area contributed by atoms with E-state index in [4.69, 9.17) is 18.9 Å². The molecule has 3 atom stereocenters. The van der Waals surface area contributed by atoms with E-state index < -0.39 is 53.6 Å². The Morgan fingerprint density at radius 3 is 2.17 bits per heavy atom. The number of halogens is 2. The first-order chi connectivity index (χ1) is 19.4.